The first kappa shape index (κ1) is 25.3. The fourth-order valence-electron chi connectivity index (χ4n) is 4.05. The van der Waals surface area contributed by atoms with Crippen LogP contribution in [0, 0.1) is 0 Å². The van der Waals surface area contributed by atoms with Crippen molar-refractivity contribution in [3.63, 3.8) is 0 Å². The molecule has 0 spiro atoms. The zero-order valence-corrected chi connectivity index (χ0v) is 21.3. The molecule has 11 heteroatoms. The maximum Gasteiger partial charge on any atom is 0.321 e. The molecular weight excluding hydrogens is 504 g/mol. The molecule has 2 aliphatic heterocycles. The van der Waals surface area contributed by atoms with E-state index in [0.29, 0.717) is 50.3 Å². The van der Waals surface area contributed by atoms with Crippen molar-refractivity contribution in [3.05, 3.63) is 82.9 Å². The van der Waals surface area contributed by atoms with E-state index >= 15 is 0 Å². The molecule has 0 saturated carbocycles. The minimum Gasteiger partial charge on any atom is -0.473 e. The van der Waals surface area contributed by atoms with Crippen LogP contribution in [0.4, 0.5) is 21.2 Å². The van der Waals surface area contributed by atoms with Crippen molar-refractivity contribution in [2.75, 3.05) is 36.4 Å². The van der Waals surface area contributed by atoms with E-state index in [1.165, 1.54) is 0 Å². The Balaban J connectivity index is 1.34. The van der Waals surface area contributed by atoms with Gasteiger partial charge in [0.1, 0.15) is 6.61 Å². The highest BCUT2D eigenvalue weighted by Crippen LogP contribution is 2.27. The molecule has 3 heterocycles. The van der Waals surface area contributed by atoms with Crippen molar-refractivity contribution in [1.82, 2.24) is 20.2 Å². The summed E-state index contributed by atoms with van der Waals surface area (Å²) in [6.45, 7) is 2.55. The molecule has 2 aliphatic rings. The number of imide groups is 1. The van der Waals surface area contributed by atoms with Crippen LogP contribution in [0.25, 0.3) is 6.08 Å². The van der Waals surface area contributed by atoms with Crippen molar-refractivity contribution in [3.8, 4) is 5.88 Å². The highest BCUT2D eigenvalue weighted by Gasteiger charge is 2.26. The third-order valence-electron chi connectivity index (χ3n) is 5.95. The number of ether oxygens (including phenoxy) is 1. The van der Waals surface area contributed by atoms with Gasteiger partial charge in [0, 0.05) is 37.9 Å². The number of anilines is 2. The van der Waals surface area contributed by atoms with E-state index in [1.807, 2.05) is 65.6 Å². The highest BCUT2D eigenvalue weighted by atomic mass is 32.2. The molecule has 3 aromatic rings. The van der Waals surface area contributed by atoms with Gasteiger partial charge in [-0.1, -0.05) is 48.5 Å². The Morgan fingerprint density at radius 3 is 2.50 bits per heavy atom. The normalized spacial score (nSPS) is 16.8. The van der Waals surface area contributed by atoms with Crippen molar-refractivity contribution >= 4 is 46.7 Å². The zero-order chi connectivity index (χ0) is 26.3. The summed E-state index contributed by atoms with van der Waals surface area (Å²) in [5.41, 5.74) is 2.18. The lowest BCUT2D eigenvalue weighted by Gasteiger charge is -2.23. The Labute approximate surface area is 224 Å². The summed E-state index contributed by atoms with van der Waals surface area (Å²) in [6.07, 6.45) is 2.28. The fraction of sp³-hybridized carbons (Fsp3) is 0.222. The maximum absolute atomic E-state index is 12.8. The van der Waals surface area contributed by atoms with Crippen LogP contribution in [0.5, 0.6) is 5.88 Å². The second kappa shape index (κ2) is 11.8. The smallest absolute Gasteiger partial charge is 0.321 e. The molecule has 38 heavy (non-hydrogen) atoms. The van der Waals surface area contributed by atoms with Crippen molar-refractivity contribution in [2.45, 2.75) is 13.0 Å². The molecule has 5 rings (SSSR count). The van der Waals surface area contributed by atoms with Crippen LogP contribution in [0.3, 0.4) is 0 Å². The van der Waals surface area contributed by atoms with Gasteiger partial charge in [0.15, 0.2) is 0 Å². The fourth-order valence-corrected chi connectivity index (χ4v) is 4.72. The van der Waals surface area contributed by atoms with Crippen molar-refractivity contribution in [1.29, 1.82) is 0 Å². The SMILES string of the molecule is O=C1NC(=O)/C(=C\c2cc(OCc3ccccc3)nc(N3CCCN(C(=O)Nc4ccccc4)CC3)n2)S1. The summed E-state index contributed by atoms with van der Waals surface area (Å²) >= 11 is 0.829. The summed E-state index contributed by atoms with van der Waals surface area (Å²) in [5, 5.41) is 4.77. The van der Waals surface area contributed by atoms with Gasteiger partial charge in [-0.25, -0.2) is 9.78 Å². The van der Waals surface area contributed by atoms with E-state index in [4.69, 9.17) is 4.74 Å². The molecule has 2 fully saturated rings. The highest BCUT2D eigenvalue weighted by molar-refractivity contribution is 8.18. The molecule has 2 saturated heterocycles. The average Bonchev–Trinajstić information content (AvgIpc) is 3.10. The van der Waals surface area contributed by atoms with Gasteiger partial charge in [-0.3, -0.25) is 14.9 Å². The number of hydrogen-bond donors (Lipinski definition) is 2. The molecule has 0 radical (unpaired) electrons. The first-order chi connectivity index (χ1) is 18.5. The van der Waals surface area contributed by atoms with Gasteiger partial charge in [0.2, 0.25) is 11.8 Å². The number of carbonyl (C=O) groups excluding carboxylic acids is 3. The van der Waals surface area contributed by atoms with E-state index in [2.05, 4.69) is 20.6 Å². The van der Waals surface area contributed by atoms with Crippen molar-refractivity contribution < 1.29 is 19.1 Å². The van der Waals surface area contributed by atoms with Gasteiger partial charge in [-0.05, 0) is 42.0 Å². The van der Waals surface area contributed by atoms with Crippen LogP contribution in [-0.4, -0.2) is 58.2 Å². The predicted octanol–water partition coefficient (Wildman–Crippen LogP) is 4.12. The Hall–Kier alpha value is -4.38. The number of urea groups is 1. The zero-order valence-electron chi connectivity index (χ0n) is 20.5. The van der Waals surface area contributed by atoms with Gasteiger partial charge in [0.25, 0.3) is 11.1 Å². The third-order valence-corrected chi connectivity index (χ3v) is 6.76. The Kier molecular flexibility index (Phi) is 7.84. The van der Waals surface area contributed by atoms with Gasteiger partial charge < -0.3 is 19.9 Å². The predicted molar refractivity (Wildman–Crippen MR) is 146 cm³/mol. The molecule has 0 atom stereocenters. The summed E-state index contributed by atoms with van der Waals surface area (Å²) in [7, 11) is 0. The average molecular weight is 531 g/mol. The topological polar surface area (TPSA) is 117 Å². The lowest BCUT2D eigenvalue weighted by atomic mass is 10.2. The lowest BCUT2D eigenvalue weighted by Crippen LogP contribution is -2.38. The minimum atomic E-state index is -0.457. The number of para-hydroxylation sites is 1. The Morgan fingerprint density at radius 1 is 1.00 bits per heavy atom. The number of nitrogens with one attached hydrogen (secondary N) is 2. The van der Waals surface area contributed by atoms with E-state index in [9.17, 15) is 14.4 Å². The largest absolute Gasteiger partial charge is 0.473 e. The Bertz CT molecular complexity index is 1350. The molecule has 10 nitrogen and oxygen atoms in total. The first-order valence-corrected chi connectivity index (χ1v) is 13.0. The molecule has 2 aromatic carbocycles. The summed E-state index contributed by atoms with van der Waals surface area (Å²) in [5.74, 6) is 0.326. The third kappa shape index (κ3) is 6.48. The monoisotopic (exact) mass is 530 g/mol. The maximum atomic E-state index is 12.8. The summed E-state index contributed by atoms with van der Waals surface area (Å²) < 4.78 is 5.98. The van der Waals surface area contributed by atoms with E-state index < -0.39 is 11.1 Å². The van der Waals surface area contributed by atoms with E-state index in [-0.39, 0.29) is 10.9 Å². The number of benzene rings is 2. The number of nitrogens with zero attached hydrogens (tertiary/aromatic N) is 4. The molecular formula is C27H26N6O4S. The number of thioether (sulfide) groups is 1. The van der Waals surface area contributed by atoms with Crippen LogP contribution < -0.4 is 20.3 Å². The number of carbonyl (C=O) groups is 3. The molecule has 0 aliphatic carbocycles. The standard InChI is InChI=1S/C27H26N6O4S/c34-24-22(38-27(36)31-24)16-21-17-23(37-18-19-8-3-1-4-9-19)30-25(28-21)32-12-7-13-33(15-14-32)26(35)29-20-10-5-2-6-11-20/h1-6,8-11,16-17H,7,12-15,18H2,(H,29,35)(H,31,34,36)/b22-16+. The molecule has 194 valence electrons. The number of aromatic nitrogens is 2. The first-order valence-electron chi connectivity index (χ1n) is 12.2. The van der Waals surface area contributed by atoms with Crippen LogP contribution in [0.2, 0.25) is 0 Å². The van der Waals surface area contributed by atoms with Gasteiger partial charge in [-0.2, -0.15) is 4.98 Å². The quantitative estimate of drug-likeness (QED) is 0.457. The molecule has 0 unspecified atom stereocenters. The van der Waals surface area contributed by atoms with E-state index in [0.717, 1.165) is 29.4 Å². The van der Waals surface area contributed by atoms with Gasteiger partial charge in [-0.15, -0.1) is 0 Å². The second-order valence-corrected chi connectivity index (χ2v) is 9.70. The lowest BCUT2D eigenvalue weighted by molar-refractivity contribution is -0.115. The molecule has 0 bridgehead atoms. The molecule has 1 aromatic heterocycles. The van der Waals surface area contributed by atoms with Crippen LogP contribution >= 0.6 is 11.8 Å². The Morgan fingerprint density at radius 2 is 1.76 bits per heavy atom. The second-order valence-electron chi connectivity index (χ2n) is 8.68. The minimum absolute atomic E-state index is 0.154. The number of rotatable bonds is 6. The van der Waals surface area contributed by atoms with Crippen LogP contribution in [0.1, 0.15) is 17.7 Å². The summed E-state index contributed by atoms with van der Waals surface area (Å²) in [4.78, 5) is 49.8. The number of hydrogen-bond acceptors (Lipinski definition) is 8. The number of amides is 4. The van der Waals surface area contributed by atoms with E-state index in [1.54, 1.807) is 17.0 Å². The van der Waals surface area contributed by atoms with Crippen molar-refractivity contribution in [2.24, 2.45) is 0 Å². The molecule has 2 N–H and O–H groups in total. The van der Waals surface area contributed by atoms with Crippen LogP contribution in [0.15, 0.2) is 71.6 Å². The molecule has 4 amide bonds. The van der Waals surface area contributed by atoms with Gasteiger partial charge >= 0.3 is 6.03 Å². The van der Waals surface area contributed by atoms with Crippen LogP contribution in [-0.2, 0) is 11.4 Å². The summed E-state index contributed by atoms with van der Waals surface area (Å²) in [6, 6.07) is 20.6. The van der Waals surface area contributed by atoms with Gasteiger partial charge in [0.05, 0.1) is 10.6 Å².